The van der Waals surface area contributed by atoms with Crippen molar-refractivity contribution in [2.75, 3.05) is 19.6 Å². The maximum absolute atomic E-state index is 6.01. The van der Waals surface area contributed by atoms with Gasteiger partial charge in [0.15, 0.2) is 11.6 Å². The second kappa shape index (κ2) is 8.80. The molecule has 0 unspecified atom stereocenters. The van der Waals surface area contributed by atoms with Gasteiger partial charge < -0.3 is 9.47 Å². The molecule has 3 aromatic carbocycles. The summed E-state index contributed by atoms with van der Waals surface area (Å²) in [5.41, 5.74) is 5.54. The molecule has 0 amide bonds. The van der Waals surface area contributed by atoms with Crippen LogP contribution in [0.1, 0.15) is 5.56 Å². The molecule has 7 heteroatoms. The summed E-state index contributed by atoms with van der Waals surface area (Å²) in [7, 11) is 3.22. The molecule has 150 valence electrons. The topological polar surface area (TPSA) is 68.6 Å². The molecule has 0 aliphatic carbocycles. The first-order valence-corrected chi connectivity index (χ1v) is 9.59. The van der Waals surface area contributed by atoms with Crippen molar-refractivity contribution < 1.29 is 9.47 Å². The molecule has 30 heavy (non-hydrogen) atoms. The van der Waals surface area contributed by atoms with E-state index < -0.39 is 0 Å². The maximum atomic E-state index is 6.01. The summed E-state index contributed by atoms with van der Waals surface area (Å²) in [6, 6.07) is 20.7. The van der Waals surface area contributed by atoms with Crippen LogP contribution >= 0.6 is 11.6 Å². The van der Waals surface area contributed by atoms with Crippen LogP contribution in [0.25, 0.3) is 22.3 Å². The van der Waals surface area contributed by atoms with E-state index >= 15 is 0 Å². The van der Waals surface area contributed by atoms with Crippen LogP contribution in [0.2, 0.25) is 5.02 Å². The Balaban J connectivity index is 1.68. The fourth-order valence-corrected chi connectivity index (χ4v) is 3.10. The molecule has 1 aromatic heterocycles. The zero-order valence-electron chi connectivity index (χ0n) is 16.5. The third-order valence-electron chi connectivity index (χ3n) is 4.52. The Morgan fingerprint density at radius 2 is 1.73 bits per heavy atom. The first-order valence-electron chi connectivity index (χ1n) is 9.22. The number of anilines is 1. The van der Waals surface area contributed by atoms with Crippen LogP contribution < -0.4 is 14.9 Å². The highest BCUT2D eigenvalue weighted by atomic mass is 35.5. The van der Waals surface area contributed by atoms with Gasteiger partial charge in [0.25, 0.3) is 0 Å². The summed E-state index contributed by atoms with van der Waals surface area (Å²) in [6.45, 7) is 0. The minimum atomic E-state index is 0.588. The Morgan fingerprint density at radius 1 is 0.933 bits per heavy atom. The zero-order chi connectivity index (χ0) is 20.9. The quantitative estimate of drug-likeness (QED) is 0.335. The van der Waals surface area contributed by atoms with Gasteiger partial charge in [-0.3, -0.25) is 5.43 Å². The molecular weight excluding hydrogens is 400 g/mol. The van der Waals surface area contributed by atoms with Gasteiger partial charge in [-0.1, -0.05) is 23.7 Å². The number of nitrogens with one attached hydrogen (secondary N) is 1. The minimum Gasteiger partial charge on any atom is -0.497 e. The van der Waals surface area contributed by atoms with E-state index in [-0.39, 0.29) is 0 Å². The van der Waals surface area contributed by atoms with Crippen LogP contribution in [0.4, 0.5) is 5.82 Å². The Bertz CT molecular complexity index is 1210. The van der Waals surface area contributed by atoms with Crippen molar-refractivity contribution in [1.82, 2.24) is 9.97 Å². The average molecular weight is 419 g/mol. The number of methoxy groups -OCH3 is 2. The van der Waals surface area contributed by atoms with E-state index in [2.05, 4.69) is 20.5 Å². The summed E-state index contributed by atoms with van der Waals surface area (Å²) in [5, 5.41) is 5.90. The monoisotopic (exact) mass is 418 g/mol. The number of hydrazone groups is 1. The van der Waals surface area contributed by atoms with Crippen molar-refractivity contribution in [2.45, 2.75) is 0 Å². The van der Waals surface area contributed by atoms with Crippen LogP contribution in [-0.2, 0) is 0 Å². The zero-order valence-corrected chi connectivity index (χ0v) is 17.2. The average Bonchev–Trinajstić information content (AvgIpc) is 2.79. The molecular formula is C23H19ClN4O2. The molecule has 4 rings (SSSR count). The molecule has 0 radical (unpaired) electrons. The van der Waals surface area contributed by atoms with Gasteiger partial charge in [0.05, 0.1) is 26.0 Å². The molecule has 1 heterocycles. The molecule has 0 fully saturated rings. The normalized spacial score (nSPS) is 11.0. The third kappa shape index (κ3) is 4.18. The van der Waals surface area contributed by atoms with E-state index in [0.717, 1.165) is 22.0 Å². The number of rotatable bonds is 6. The number of ether oxygens (including phenoxy) is 2. The first kappa shape index (κ1) is 19.7. The van der Waals surface area contributed by atoms with Gasteiger partial charge >= 0.3 is 0 Å². The number of benzene rings is 3. The molecule has 0 atom stereocenters. The van der Waals surface area contributed by atoms with Crippen molar-refractivity contribution in [2.24, 2.45) is 5.10 Å². The number of halogens is 1. The summed E-state index contributed by atoms with van der Waals surface area (Å²) >= 11 is 6.01. The number of para-hydroxylation sites is 1. The van der Waals surface area contributed by atoms with Crippen LogP contribution in [0.3, 0.4) is 0 Å². The lowest BCUT2D eigenvalue weighted by Crippen LogP contribution is -2.00. The van der Waals surface area contributed by atoms with Gasteiger partial charge in [0, 0.05) is 27.6 Å². The lowest BCUT2D eigenvalue weighted by atomic mass is 10.2. The van der Waals surface area contributed by atoms with Gasteiger partial charge in [-0.25, -0.2) is 9.97 Å². The summed E-state index contributed by atoms with van der Waals surface area (Å²) in [5.74, 6) is 2.57. The fourth-order valence-electron chi connectivity index (χ4n) is 2.98. The Labute approximate surface area is 179 Å². The molecule has 0 saturated heterocycles. The van der Waals surface area contributed by atoms with E-state index in [1.54, 1.807) is 26.5 Å². The number of hydrogen-bond donors (Lipinski definition) is 1. The van der Waals surface area contributed by atoms with Crippen molar-refractivity contribution >= 4 is 34.5 Å². The highest BCUT2D eigenvalue weighted by Gasteiger charge is 2.09. The smallest absolute Gasteiger partial charge is 0.162 e. The van der Waals surface area contributed by atoms with E-state index in [9.17, 15) is 0 Å². The fraction of sp³-hybridized carbons (Fsp3) is 0.0870. The first-order chi connectivity index (χ1) is 14.7. The lowest BCUT2D eigenvalue weighted by Gasteiger charge is -2.09. The second-order valence-electron chi connectivity index (χ2n) is 6.40. The van der Waals surface area contributed by atoms with Gasteiger partial charge in [-0.2, -0.15) is 5.10 Å². The Hall–Kier alpha value is -3.64. The predicted molar refractivity (Wildman–Crippen MR) is 121 cm³/mol. The van der Waals surface area contributed by atoms with E-state index in [1.165, 1.54) is 0 Å². The highest BCUT2D eigenvalue weighted by molar-refractivity contribution is 6.30. The number of aromatic nitrogens is 2. The molecule has 1 N–H and O–H groups in total. The van der Waals surface area contributed by atoms with Crippen molar-refractivity contribution in [1.29, 1.82) is 0 Å². The van der Waals surface area contributed by atoms with Crippen LogP contribution in [0.15, 0.2) is 71.8 Å². The minimum absolute atomic E-state index is 0.588. The summed E-state index contributed by atoms with van der Waals surface area (Å²) in [6.07, 6.45) is 1.68. The SMILES string of the molecule is COc1ccc(/C=N\Nc2nc(-c3ccc(Cl)cc3)nc3ccccc23)c(OC)c1. The van der Waals surface area contributed by atoms with Crippen LogP contribution in [0.5, 0.6) is 11.5 Å². The van der Waals surface area contributed by atoms with Gasteiger partial charge in [0.2, 0.25) is 0 Å². The van der Waals surface area contributed by atoms with Crippen molar-refractivity contribution in [3.63, 3.8) is 0 Å². The molecule has 0 aliphatic heterocycles. The van der Waals surface area contributed by atoms with E-state index in [1.807, 2.05) is 60.7 Å². The highest BCUT2D eigenvalue weighted by Crippen LogP contribution is 2.26. The summed E-state index contributed by atoms with van der Waals surface area (Å²) < 4.78 is 10.6. The van der Waals surface area contributed by atoms with E-state index in [0.29, 0.717) is 28.2 Å². The largest absolute Gasteiger partial charge is 0.497 e. The van der Waals surface area contributed by atoms with Gasteiger partial charge in [-0.05, 0) is 48.5 Å². The number of nitrogens with zero attached hydrogens (tertiary/aromatic N) is 3. The van der Waals surface area contributed by atoms with Gasteiger partial charge in [0.1, 0.15) is 11.5 Å². The predicted octanol–water partition coefficient (Wildman–Crippen LogP) is 5.41. The molecule has 0 bridgehead atoms. The molecule has 0 spiro atoms. The molecule has 0 saturated carbocycles. The van der Waals surface area contributed by atoms with Crippen molar-refractivity contribution in [3.05, 3.63) is 77.3 Å². The Kier molecular flexibility index (Phi) is 5.77. The standard InChI is InChI=1S/C23H19ClN4O2/c1-29-18-12-9-16(21(13-18)30-2)14-25-28-23-19-5-3-4-6-20(19)26-22(27-23)15-7-10-17(24)11-8-15/h3-14H,1-2H3,(H,26,27,28)/b25-14-. The summed E-state index contributed by atoms with van der Waals surface area (Å²) in [4.78, 5) is 9.34. The van der Waals surface area contributed by atoms with Gasteiger partial charge in [-0.15, -0.1) is 0 Å². The second-order valence-corrected chi connectivity index (χ2v) is 6.83. The maximum Gasteiger partial charge on any atom is 0.162 e. The molecule has 0 aliphatic rings. The van der Waals surface area contributed by atoms with Crippen LogP contribution in [-0.4, -0.2) is 30.4 Å². The Morgan fingerprint density at radius 3 is 2.50 bits per heavy atom. The van der Waals surface area contributed by atoms with E-state index in [4.69, 9.17) is 21.1 Å². The third-order valence-corrected chi connectivity index (χ3v) is 4.77. The number of fused-ring (bicyclic) bond motifs is 1. The van der Waals surface area contributed by atoms with Crippen molar-refractivity contribution in [3.8, 4) is 22.9 Å². The number of hydrogen-bond acceptors (Lipinski definition) is 6. The lowest BCUT2D eigenvalue weighted by molar-refractivity contribution is 0.394. The molecule has 6 nitrogen and oxygen atoms in total. The van der Waals surface area contributed by atoms with Crippen LogP contribution in [0, 0.1) is 0 Å². The molecule has 4 aromatic rings.